The minimum absolute atomic E-state index is 0.0797. The molecule has 1 unspecified atom stereocenters. The Morgan fingerprint density at radius 3 is 2.19 bits per heavy atom. The Kier molecular flexibility index (Phi) is 3.39. The van der Waals surface area contributed by atoms with Crippen molar-refractivity contribution < 1.29 is 0 Å². The average molecular weight is 337 g/mol. The van der Waals surface area contributed by atoms with Gasteiger partial charge < -0.3 is 0 Å². The smallest absolute Gasteiger partial charge is 0.137 e. The molecule has 2 heterocycles. The van der Waals surface area contributed by atoms with E-state index in [2.05, 4.69) is 108 Å². The summed E-state index contributed by atoms with van der Waals surface area (Å²) in [7, 11) is 0. The van der Waals surface area contributed by atoms with E-state index in [1.54, 1.807) is 0 Å². The van der Waals surface area contributed by atoms with E-state index in [-0.39, 0.29) is 6.04 Å². The van der Waals surface area contributed by atoms with Crippen LogP contribution in [0.2, 0.25) is 0 Å². The third-order valence-corrected chi connectivity index (χ3v) is 4.91. The lowest BCUT2D eigenvalue weighted by Gasteiger charge is -2.36. The number of hydrogen-bond donors (Lipinski definition) is 0. The van der Waals surface area contributed by atoms with Crippen molar-refractivity contribution in [3.63, 3.8) is 0 Å². The van der Waals surface area contributed by atoms with Crippen LogP contribution in [0.3, 0.4) is 0 Å². The van der Waals surface area contributed by atoms with E-state index in [0.717, 1.165) is 17.2 Å². The first-order chi connectivity index (χ1) is 12.8. The van der Waals surface area contributed by atoms with Crippen LogP contribution in [0.5, 0.6) is 0 Å². The molecule has 0 amide bonds. The first-order valence-electron chi connectivity index (χ1n) is 8.88. The number of rotatable bonds is 2. The second-order valence-corrected chi connectivity index (χ2v) is 6.63. The minimum Gasteiger partial charge on any atom is -0.295 e. The minimum atomic E-state index is 0.0797. The van der Waals surface area contributed by atoms with Crippen molar-refractivity contribution in [2.24, 2.45) is 0 Å². The molecule has 0 saturated carbocycles. The highest BCUT2D eigenvalue weighted by Crippen LogP contribution is 2.47. The molecule has 1 aliphatic rings. The van der Waals surface area contributed by atoms with Crippen LogP contribution in [-0.2, 0) is 0 Å². The van der Waals surface area contributed by atoms with Gasteiger partial charge in [0.05, 0.1) is 11.4 Å². The maximum atomic E-state index is 4.86. The van der Waals surface area contributed by atoms with E-state index < -0.39 is 0 Å². The monoisotopic (exact) mass is 337 g/mol. The average Bonchev–Trinajstić information content (AvgIpc) is 3.07. The van der Waals surface area contributed by atoms with Crippen LogP contribution in [0.1, 0.15) is 22.9 Å². The lowest BCUT2D eigenvalue weighted by atomic mass is 9.94. The zero-order valence-corrected chi connectivity index (χ0v) is 14.6. The molecule has 0 bridgehead atoms. The van der Waals surface area contributed by atoms with E-state index in [9.17, 15) is 0 Å². The van der Waals surface area contributed by atoms with Gasteiger partial charge in [-0.25, -0.2) is 4.68 Å². The van der Waals surface area contributed by atoms with Gasteiger partial charge in [0.1, 0.15) is 11.9 Å². The number of aryl methyl sites for hydroxylation is 1. The first-order valence-corrected chi connectivity index (χ1v) is 8.88. The van der Waals surface area contributed by atoms with Crippen molar-refractivity contribution in [1.82, 2.24) is 9.78 Å². The Balaban J connectivity index is 1.80. The summed E-state index contributed by atoms with van der Waals surface area (Å²) in [5, 5.41) is 4.86. The maximum absolute atomic E-state index is 4.86. The van der Waals surface area contributed by atoms with Gasteiger partial charge in [0.2, 0.25) is 0 Å². The van der Waals surface area contributed by atoms with Gasteiger partial charge in [-0.1, -0.05) is 66.7 Å². The van der Waals surface area contributed by atoms with Gasteiger partial charge in [0.15, 0.2) is 0 Å². The van der Waals surface area contributed by atoms with E-state index in [0.29, 0.717) is 0 Å². The Morgan fingerprint density at radius 2 is 1.42 bits per heavy atom. The predicted molar refractivity (Wildman–Crippen MR) is 105 cm³/mol. The number of para-hydroxylation sites is 2. The second kappa shape index (κ2) is 5.88. The van der Waals surface area contributed by atoms with Gasteiger partial charge in [-0.05, 0) is 30.7 Å². The summed E-state index contributed by atoms with van der Waals surface area (Å²) in [5.74, 6) is 1.10. The molecular weight excluding hydrogens is 318 g/mol. The normalized spacial score (nSPS) is 15.4. The van der Waals surface area contributed by atoms with Gasteiger partial charge in [0, 0.05) is 17.3 Å². The van der Waals surface area contributed by atoms with Gasteiger partial charge in [-0.3, -0.25) is 4.90 Å². The highest BCUT2D eigenvalue weighted by molar-refractivity contribution is 5.80. The largest absolute Gasteiger partial charge is 0.295 e. The maximum Gasteiger partial charge on any atom is 0.137 e. The van der Waals surface area contributed by atoms with Gasteiger partial charge >= 0.3 is 0 Å². The lowest BCUT2D eigenvalue weighted by molar-refractivity contribution is 0.581. The number of hydrogen-bond acceptors (Lipinski definition) is 2. The van der Waals surface area contributed by atoms with E-state index in [4.69, 9.17) is 5.10 Å². The highest BCUT2D eigenvalue weighted by Gasteiger charge is 2.32. The molecule has 3 nitrogen and oxygen atoms in total. The number of anilines is 3. The van der Waals surface area contributed by atoms with Crippen LogP contribution in [0.25, 0.3) is 0 Å². The molecule has 1 aliphatic heterocycles. The van der Waals surface area contributed by atoms with Crippen LogP contribution in [-0.4, -0.2) is 9.78 Å². The van der Waals surface area contributed by atoms with Crippen molar-refractivity contribution in [2.75, 3.05) is 4.90 Å². The van der Waals surface area contributed by atoms with E-state index in [1.165, 1.54) is 16.8 Å². The predicted octanol–water partition coefficient (Wildman–Crippen LogP) is 5.61. The Bertz CT molecular complexity index is 967. The fraction of sp³-hybridized carbons (Fsp3) is 0.0870. The quantitative estimate of drug-likeness (QED) is 0.417. The fourth-order valence-corrected chi connectivity index (χ4v) is 3.84. The second-order valence-electron chi connectivity index (χ2n) is 6.63. The molecule has 0 N–H and O–H groups in total. The third-order valence-electron chi connectivity index (χ3n) is 4.91. The molecule has 0 radical (unpaired) electrons. The molecule has 3 aromatic carbocycles. The summed E-state index contributed by atoms with van der Waals surface area (Å²) in [4.78, 5) is 2.30. The topological polar surface area (TPSA) is 21.1 Å². The van der Waals surface area contributed by atoms with Crippen LogP contribution >= 0.6 is 0 Å². The van der Waals surface area contributed by atoms with Crippen molar-refractivity contribution in [3.8, 4) is 0 Å². The summed E-state index contributed by atoms with van der Waals surface area (Å²) in [5.41, 5.74) is 5.89. The van der Waals surface area contributed by atoms with Crippen molar-refractivity contribution in [3.05, 3.63) is 108 Å². The molecule has 5 rings (SSSR count). The van der Waals surface area contributed by atoms with Gasteiger partial charge in [-0.15, -0.1) is 0 Å². The summed E-state index contributed by atoms with van der Waals surface area (Å²) in [6.45, 7) is 2.06. The van der Waals surface area contributed by atoms with Crippen LogP contribution in [0, 0.1) is 6.92 Å². The molecule has 4 aromatic rings. The van der Waals surface area contributed by atoms with Gasteiger partial charge in [-0.2, -0.15) is 5.10 Å². The number of benzene rings is 3. The molecule has 0 saturated heterocycles. The Labute approximate surface area is 153 Å². The molecule has 3 heteroatoms. The molecule has 1 aromatic heterocycles. The fourth-order valence-electron chi connectivity index (χ4n) is 3.84. The number of nitrogens with zero attached hydrogens (tertiary/aromatic N) is 3. The summed E-state index contributed by atoms with van der Waals surface area (Å²) >= 11 is 0. The first kappa shape index (κ1) is 15.0. The molecule has 126 valence electrons. The summed E-state index contributed by atoms with van der Waals surface area (Å²) in [6, 6.07) is 32.0. The Morgan fingerprint density at radius 1 is 0.769 bits per heavy atom. The lowest BCUT2D eigenvalue weighted by Crippen LogP contribution is -2.27. The zero-order valence-electron chi connectivity index (χ0n) is 14.6. The SMILES string of the molecule is Cc1cc2n(n1)C(c1ccccc1)c1ccccc1N2c1ccccc1. The molecule has 0 aliphatic carbocycles. The van der Waals surface area contributed by atoms with E-state index in [1.807, 2.05) is 0 Å². The molecule has 1 atom stereocenters. The van der Waals surface area contributed by atoms with Crippen molar-refractivity contribution in [1.29, 1.82) is 0 Å². The highest BCUT2D eigenvalue weighted by atomic mass is 15.4. The van der Waals surface area contributed by atoms with Crippen LogP contribution in [0.15, 0.2) is 91.0 Å². The number of fused-ring (bicyclic) bond motifs is 2. The van der Waals surface area contributed by atoms with Crippen molar-refractivity contribution in [2.45, 2.75) is 13.0 Å². The molecule has 26 heavy (non-hydrogen) atoms. The summed E-state index contributed by atoms with van der Waals surface area (Å²) < 4.78 is 2.15. The van der Waals surface area contributed by atoms with Crippen LogP contribution in [0.4, 0.5) is 17.2 Å². The molecular formula is C23H19N3. The third kappa shape index (κ3) is 2.25. The van der Waals surface area contributed by atoms with Crippen molar-refractivity contribution >= 4 is 17.2 Å². The number of aromatic nitrogens is 2. The summed E-state index contributed by atoms with van der Waals surface area (Å²) in [6.07, 6.45) is 0. The Hall–Kier alpha value is -3.33. The molecule has 0 spiro atoms. The van der Waals surface area contributed by atoms with E-state index >= 15 is 0 Å². The van der Waals surface area contributed by atoms with Crippen LogP contribution < -0.4 is 4.90 Å². The molecule has 0 fully saturated rings. The zero-order chi connectivity index (χ0) is 17.5. The van der Waals surface area contributed by atoms with Gasteiger partial charge in [0.25, 0.3) is 0 Å². The standard InChI is InChI=1S/C23H19N3/c1-17-16-22-25(19-12-6-3-7-13-19)21-15-9-8-14-20(21)23(26(22)24-17)18-10-4-2-5-11-18/h2-16,23H,1H3.